The number of hydrogen-bond acceptors (Lipinski definition) is 3. The predicted molar refractivity (Wildman–Crippen MR) is 55.0 cm³/mol. The molecule has 0 fully saturated rings. The Labute approximate surface area is 86.7 Å². The molecule has 0 aliphatic heterocycles. The molecule has 0 saturated carbocycles. The molecule has 14 heavy (non-hydrogen) atoms. The number of hydrogen-bond donors (Lipinski definition) is 3. The maximum absolute atomic E-state index is 12.8. The normalized spacial score (nSPS) is 12.6. The van der Waals surface area contributed by atoms with Crippen molar-refractivity contribution in [2.45, 2.75) is 6.04 Å². The molecule has 1 unspecified atom stereocenters. The molecule has 1 rings (SSSR count). The Bertz CT molecular complexity index is 305. The minimum Gasteiger partial charge on any atom is -0.394 e. The minimum absolute atomic E-state index is 0.122. The molecule has 1 aromatic carbocycles. The van der Waals surface area contributed by atoms with Crippen molar-refractivity contribution in [3.8, 4) is 0 Å². The molecule has 0 radical (unpaired) electrons. The quantitative estimate of drug-likeness (QED) is 0.712. The number of aliphatic hydroxyl groups excluding tert-OH is 1. The molecule has 5 heteroatoms. The maximum Gasteiger partial charge on any atom is 0.125 e. The van der Waals surface area contributed by atoms with E-state index in [1.807, 2.05) is 0 Å². The number of rotatable bonds is 4. The Morgan fingerprint density at radius 1 is 1.57 bits per heavy atom. The lowest BCUT2D eigenvalue weighted by Crippen LogP contribution is -2.32. The highest BCUT2D eigenvalue weighted by Crippen LogP contribution is 2.22. The summed E-state index contributed by atoms with van der Waals surface area (Å²) in [5.41, 5.74) is 5.80. The van der Waals surface area contributed by atoms with Crippen LogP contribution in [0, 0.1) is 5.82 Å². The average Bonchev–Trinajstić information content (AvgIpc) is 2.19. The molecule has 0 heterocycles. The molecule has 4 N–H and O–H groups in total. The van der Waals surface area contributed by atoms with Crippen molar-refractivity contribution in [1.29, 1.82) is 0 Å². The summed E-state index contributed by atoms with van der Waals surface area (Å²) in [6.07, 6.45) is 0. The Morgan fingerprint density at radius 3 is 2.86 bits per heavy atom. The number of benzene rings is 1. The second-order valence-corrected chi connectivity index (χ2v) is 3.29. The predicted octanol–water partition coefficient (Wildman–Crippen LogP) is 1.21. The lowest BCUT2D eigenvalue weighted by atomic mass is 10.2. The number of halogens is 2. The van der Waals surface area contributed by atoms with Gasteiger partial charge < -0.3 is 16.2 Å². The van der Waals surface area contributed by atoms with Crippen LogP contribution in [0.2, 0.25) is 5.02 Å². The van der Waals surface area contributed by atoms with E-state index in [1.54, 1.807) is 0 Å². The molecule has 78 valence electrons. The van der Waals surface area contributed by atoms with Gasteiger partial charge in [-0.1, -0.05) is 11.6 Å². The molecule has 0 aliphatic rings. The molecule has 0 aromatic heterocycles. The van der Waals surface area contributed by atoms with E-state index in [1.165, 1.54) is 18.2 Å². The third-order valence-electron chi connectivity index (χ3n) is 1.79. The number of aliphatic hydroxyl groups is 1. The van der Waals surface area contributed by atoms with E-state index in [-0.39, 0.29) is 25.0 Å². The highest BCUT2D eigenvalue weighted by Gasteiger charge is 2.07. The van der Waals surface area contributed by atoms with Gasteiger partial charge in [0.2, 0.25) is 0 Å². The second-order valence-electron chi connectivity index (χ2n) is 2.88. The van der Waals surface area contributed by atoms with Crippen LogP contribution in [0.5, 0.6) is 0 Å². The van der Waals surface area contributed by atoms with E-state index in [9.17, 15) is 4.39 Å². The number of nitrogens with one attached hydrogen (secondary N) is 1. The fourth-order valence-electron chi connectivity index (χ4n) is 1.01. The van der Waals surface area contributed by atoms with Crippen molar-refractivity contribution < 1.29 is 9.50 Å². The Hall–Kier alpha value is -0.840. The van der Waals surface area contributed by atoms with E-state index < -0.39 is 0 Å². The molecule has 3 nitrogen and oxygen atoms in total. The zero-order valence-corrected chi connectivity index (χ0v) is 8.26. The van der Waals surface area contributed by atoms with E-state index in [0.29, 0.717) is 10.7 Å². The highest BCUT2D eigenvalue weighted by atomic mass is 35.5. The van der Waals surface area contributed by atoms with Crippen molar-refractivity contribution in [1.82, 2.24) is 0 Å². The summed E-state index contributed by atoms with van der Waals surface area (Å²) in [5, 5.41) is 12.1. The second kappa shape index (κ2) is 5.14. The molecule has 0 amide bonds. The molecular formula is C9H12ClFN2O. The van der Waals surface area contributed by atoms with Crippen LogP contribution in [-0.2, 0) is 0 Å². The molecular weight excluding hydrogens is 207 g/mol. The first-order valence-corrected chi connectivity index (χ1v) is 4.57. The zero-order valence-electron chi connectivity index (χ0n) is 7.50. The highest BCUT2D eigenvalue weighted by molar-refractivity contribution is 6.33. The summed E-state index contributed by atoms with van der Waals surface area (Å²) in [6, 6.07) is 3.67. The number of nitrogens with two attached hydrogens (primary N) is 1. The van der Waals surface area contributed by atoms with Crippen molar-refractivity contribution in [2.75, 3.05) is 18.5 Å². The monoisotopic (exact) mass is 218 g/mol. The summed E-state index contributed by atoms with van der Waals surface area (Å²) in [5.74, 6) is -0.384. The van der Waals surface area contributed by atoms with Crippen LogP contribution in [0.4, 0.5) is 10.1 Å². The maximum atomic E-state index is 12.8. The SMILES string of the molecule is NCC(CO)Nc1cc(F)ccc1Cl. The summed E-state index contributed by atoms with van der Waals surface area (Å²) in [6.45, 7) is 0.132. The van der Waals surface area contributed by atoms with Gasteiger partial charge in [-0.25, -0.2) is 4.39 Å². The van der Waals surface area contributed by atoms with Gasteiger partial charge in [0.15, 0.2) is 0 Å². The molecule has 0 bridgehead atoms. The first-order valence-electron chi connectivity index (χ1n) is 4.20. The van der Waals surface area contributed by atoms with Crippen LogP contribution < -0.4 is 11.1 Å². The summed E-state index contributed by atoms with van der Waals surface area (Å²) in [4.78, 5) is 0. The molecule has 1 atom stereocenters. The lowest BCUT2D eigenvalue weighted by molar-refractivity contribution is 0.276. The zero-order chi connectivity index (χ0) is 10.6. The largest absolute Gasteiger partial charge is 0.394 e. The van der Waals surface area contributed by atoms with Crippen molar-refractivity contribution in [2.24, 2.45) is 5.73 Å². The standard InChI is InChI=1S/C9H12ClFN2O/c10-8-2-1-6(11)3-9(8)13-7(4-12)5-14/h1-3,7,13-14H,4-5,12H2. The van der Waals surface area contributed by atoms with Gasteiger partial charge in [0.25, 0.3) is 0 Å². The first kappa shape index (κ1) is 11.2. The van der Waals surface area contributed by atoms with Gasteiger partial charge in [-0.2, -0.15) is 0 Å². The Balaban J connectivity index is 2.79. The van der Waals surface area contributed by atoms with Crippen molar-refractivity contribution in [3.05, 3.63) is 29.0 Å². The van der Waals surface area contributed by atoms with E-state index in [2.05, 4.69) is 5.32 Å². The van der Waals surface area contributed by atoms with Crippen LogP contribution >= 0.6 is 11.6 Å². The first-order chi connectivity index (χ1) is 6.67. The molecule has 1 aromatic rings. The van der Waals surface area contributed by atoms with Crippen LogP contribution in [0.1, 0.15) is 0 Å². The molecule has 0 spiro atoms. The lowest BCUT2D eigenvalue weighted by Gasteiger charge is -2.16. The van der Waals surface area contributed by atoms with Gasteiger partial charge in [-0.15, -0.1) is 0 Å². The van der Waals surface area contributed by atoms with Gasteiger partial charge >= 0.3 is 0 Å². The van der Waals surface area contributed by atoms with Crippen molar-refractivity contribution in [3.63, 3.8) is 0 Å². The Kier molecular flexibility index (Phi) is 4.13. The third-order valence-corrected chi connectivity index (χ3v) is 2.12. The van der Waals surface area contributed by atoms with E-state index in [0.717, 1.165) is 0 Å². The topological polar surface area (TPSA) is 58.3 Å². The molecule has 0 saturated heterocycles. The van der Waals surface area contributed by atoms with Crippen LogP contribution in [-0.4, -0.2) is 24.3 Å². The van der Waals surface area contributed by atoms with Gasteiger partial charge in [0.1, 0.15) is 5.82 Å². The third kappa shape index (κ3) is 2.83. The average molecular weight is 219 g/mol. The van der Waals surface area contributed by atoms with E-state index in [4.69, 9.17) is 22.4 Å². The smallest absolute Gasteiger partial charge is 0.125 e. The summed E-state index contributed by atoms with van der Waals surface area (Å²) in [7, 11) is 0. The van der Waals surface area contributed by atoms with Gasteiger partial charge in [0.05, 0.1) is 23.4 Å². The van der Waals surface area contributed by atoms with Crippen LogP contribution in [0.25, 0.3) is 0 Å². The summed E-state index contributed by atoms with van der Waals surface area (Å²) >= 11 is 5.80. The van der Waals surface area contributed by atoms with Crippen LogP contribution in [0.3, 0.4) is 0 Å². The fraction of sp³-hybridized carbons (Fsp3) is 0.333. The van der Waals surface area contributed by atoms with Gasteiger partial charge in [-0.3, -0.25) is 0 Å². The van der Waals surface area contributed by atoms with E-state index >= 15 is 0 Å². The van der Waals surface area contributed by atoms with Crippen LogP contribution in [0.15, 0.2) is 18.2 Å². The fourth-order valence-corrected chi connectivity index (χ4v) is 1.18. The minimum atomic E-state index is -0.384. The molecule has 0 aliphatic carbocycles. The summed E-state index contributed by atoms with van der Waals surface area (Å²) < 4.78 is 12.8. The van der Waals surface area contributed by atoms with Gasteiger partial charge in [-0.05, 0) is 18.2 Å². The number of anilines is 1. The Morgan fingerprint density at radius 2 is 2.29 bits per heavy atom. The van der Waals surface area contributed by atoms with Crippen molar-refractivity contribution >= 4 is 17.3 Å². The van der Waals surface area contributed by atoms with Gasteiger partial charge in [0, 0.05) is 6.54 Å².